The number of nitrogens with one attached hydrogen (secondary N) is 2. The van der Waals surface area contributed by atoms with Gasteiger partial charge in [-0.1, -0.05) is 11.6 Å². The van der Waals surface area contributed by atoms with Gasteiger partial charge in [0.2, 0.25) is 0 Å². The molecule has 1 fully saturated rings. The first kappa shape index (κ1) is 17.2. The first-order valence-corrected chi connectivity index (χ1v) is 8.32. The highest BCUT2D eigenvalue weighted by molar-refractivity contribution is 6.30. The van der Waals surface area contributed by atoms with Crippen LogP contribution in [0.4, 0.5) is 0 Å². The Morgan fingerprint density at radius 2 is 1.80 bits per heavy atom. The Morgan fingerprint density at radius 3 is 2.40 bits per heavy atom. The van der Waals surface area contributed by atoms with Gasteiger partial charge in [0.1, 0.15) is 5.69 Å². The molecular formula is C17H17ClN4O3. The molecular weight excluding hydrogens is 344 g/mol. The Morgan fingerprint density at radius 1 is 1.12 bits per heavy atom. The molecule has 2 N–H and O–H groups in total. The van der Waals surface area contributed by atoms with Crippen molar-refractivity contribution in [3.8, 4) is 0 Å². The standard InChI is InChI=1S/C17H17ClN4O3/c18-12-3-1-11(2-4-12)16(24)19-13-7-9-22(10-8-13)17(25)14-5-6-15(23)21-20-14/h1-6,13H,7-10H2,(H,19,24)(H,21,23). The topological polar surface area (TPSA) is 95.2 Å². The van der Waals surface area contributed by atoms with Gasteiger partial charge in [0.15, 0.2) is 0 Å². The zero-order chi connectivity index (χ0) is 17.8. The fraction of sp³-hybridized carbons (Fsp3) is 0.294. The van der Waals surface area contributed by atoms with E-state index in [4.69, 9.17) is 11.6 Å². The van der Waals surface area contributed by atoms with Crippen molar-refractivity contribution < 1.29 is 9.59 Å². The predicted molar refractivity (Wildman–Crippen MR) is 92.7 cm³/mol. The first-order chi connectivity index (χ1) is 12.0. The van der Waals surface area contributed by atoms with Gasteiger partial charge in [-0.15, -0.1) is 0 Å². The van der Waals surface area contributed by atoms with E-state index in [9.17, 15) is 14.4 Å². The number of hydrogen-bond acceptors (Lipinski definition) is 4. The summed E-state index contributed by atoms with van der Waals surface area (Å²) < 4.78 is 0. The molecule has 2 amide bonds. The second-order valence-corrected chi connectivity index (χ2v) is 6.29. The van der Waals surface area contributed by atoms with Gasteiger partial charge in [0, 0.05) is 35.8 Å². The van der Waals surface area contributed by atoms with Crippen molar-refractivity contribution in [3.05, 3.63) is 63.0 Å². The predicted octanol–water partition coefficient (Wildman–Crippen LogP) is 1.46. The van der Waals surface area contributed by atoms with Crippen molar-refractivity contribution in [2.75, 3.05) is 13.1 Å². The van der Waals surface area contributed by atoms with Crippen molar-refractivity contribution in [1.82, 2.24) is 20.4 Å². The maximum Gasteiger partial charge on any atom is 0.274 e. The smallest absolute Gasteiger partial charge is 0.274 e. The third-order valence-electron chi connectivity index (χ3n) is 4.12. The molecule has 0 spiro atoms. The highest BCUT2D eigenvalue weighted by Crippen LogP contribution is 2.14. The monoisotopic (exact) mass is 360 g/mol. The number of nitrogens with zero attached hydrogens (tertiary/aromatic N) is 2. The van der Waals surface area contributed by atoms with Gasteiger partial charge in [-0.2, -0.15) is 5.10 Å². The number of carbonyl (C=O) groups is 2. The zero-order valence-corrected chi connectivity index (χ0v) is 14.1. The minimum Gasteiger partial charge on any atom is -0.349 e. The van der Waals surface area contributed by atoms with E-state index in [1.54, 1.807) is 29.2 Å². The minimum atomic E-state index is -0.347. The van der Waals surface area contributed by atoms with Crippen molar-refractivity contribution >= 4 is 23.4 Å². The molecule has 8 heteroatoms. The largest absolute Gasteiger partial charge is 0.349 e. The van der Waals surface area contributed by atoms with Crippen LogP contribution in [-0.2, 0) is 0 Å². The van der Waals surface area contributed by atoms with E-state index in [0.29, 0.717) is 36.5 Å². The SMILES string of the molecule is O=C(NC1CCN(C(=O)c2ccc(=O)[nH]n2)CC1)c1ccc(Cl)cc1. The molecule has 1 aromatic heterocycles. The molecule has 1 aliphatic heterocycles. The van der Waals surface area contributed by atoms with Crippen LogP contribution >= 0.6 is 11.6 Å². The number of carbonyl (C=O) groups excluding carboxylic acids is 2. The fourth-order valence-corrected chi connectivity index (χ4v) is 2.85. The number of benzene rings is 1. The highest BCUT2D eigenvalue weighted by Gasteiger charge is 2.25. The molecule has 0 aliphatic carbocycles. The number of aromatic amines is 1. The summed E-state index contributed by atoms with van der Waals surface area (Å²) in [5, 5.41) is 9.58. The summed E-state index contributed by atoms with van der Waals surface area (Å²) in [6, 6.07) is 9.41. The number of likely N-dealkylation sites (tertiary alicyclic amines) is 1. The number of halogens is 1. The van der Waals surface area contributed by atoms with E-state index in [1.165, 1.54) is 12.1 Å². The van der Waals surface area contributed by atoms with Crippen molar-refractivity contribution in [1.29, 1.82) is 0 Å². The molecule has 0 saturated carbocycles. The maximum absolute atomic E-state index is 12.3. The van der Waals surface area contributed by atoms with Crippen LogP contribution < -0.4 is 10.9 Å². The molecule has 3 rings (SSSR count). The molecule has 0 unspecified atom stereocenters. The number of amides is 2. The van der Waals surface area contributed by atoms with Gasteiger partial charge in [-0.05, 0) is 43.2 Å². The van der Waals surface area contributed by atoms with Gasteiger partial charge < -0.3 is 10.2 Å². The van der Waals surface area contributed by atoms with Crippen LogP contribution in [-0.4, -0.2) is 46.0 Å². The molecule has 1 aromatic carbocycles. The summed E-state index contributed by atoms with van der Waals surface area (Å²) >= 11 is 5.82. The third kappa shape index (κ3) is 4.24. The van der Waals surface area contributed by atoms with Crippen molar-refractivity contribution in [2.45, 2.75) is 18.9 Å². The minimum absolute atomic E-state index is 0.00997. The lowest BCUT2D eigenvalue weighted by Crippen LogP contribution is -2.46. The van der Waals surface area contributed by atoms with Crippen LogP contribution in [0.15, 0.2) is 41.2 Å². The molecule has 130 valence electrons. The summed E-state index contributed by atoms with van der Waals surface area (Å²) in [6.45, 7) is 1.04. The first-order valence-electron chi connectivity index (χ1n) is 7.94. The summed E-state index contributed by atoms with van der Waals surface area (Å²) in [6.07, 6.45) is 1.32. The number of hydrogen-bond donors (Lipinski definition) is 2. The summed E-state index contributed by atoms with van der Waals surface area (Å²) in [5.41, 5.74) is 0.420. The van der Waals surface area contributed by atoms with Gasteiger partial charge in [-0.3, -0.25) is 14.4 Å². The van der Waals surface area contributed by atoms with Crippen LogP contribution in [0.25, 0.3) is 0 Å². The van der Waals surface area contributed by atoms with E-state index < -0.39 is 0 Å². The molecule has 2 heterocycles. The third-order valence-corrected chi connectivity index (χ3v) is 4.37. The highest BCUT2D eigenvalue weighted by atomic mass is 35.5. The Balaban J connectivity index is 1.54. The molecule has 7 nitrogen and oxygen atoms in total. The average Bonchev–Trinajstić information content (AvgIpc) is 2.63. The number of aromatic nitrogens is 2. The fourth-order valence-electron chi connectivity index (χ4n) is 2.72. The molecule has 1 aliphatic rings. The zero-order valence-electron chi connectivity index (χ0n) is 13.4. The Labute approximate surface area is 149 Å². The van der Waals surface area contributed by atoms with Crippen LogP contribution in [0.3, 0.4) is 0 Å². The van der Waals surface area contributed by atoms with Crippen LogP contribution in [0.2, 0.25) is 5.02 Å². The lowest BCUT2D eigenvalue weighted by atomic mass is 10.0. The van der Waals surface area contributed by atoms with Crippen molar-refractivity contribution in [3.63, 3.8) is 0 Å². The summed E-state index contributed by atoms with van der Waals surface area (Å²) in [7, 11) is 0. The molecule has 0 radical (unpaired) electrons. The van der Waals surface area contributed by atoms with Crippen LogP contribution in [0.1, 0.15) is 33.7 Å². The second kappa shape index (κ2) is 7.48. The van der Waals surface area contributed by atoms with E-state index in [-0.39, 0.29) is 29.1 Å². The molecule has 0 atom stereocenters. The average molecular weight is 361 g/mol. The van der Waals surface area contributed by atoms with E-state index in [1.807, 2.05) is 0 Å². The lowest BCUT2D eigenvalue weighted by Gasteiger charge is -2.32. The summed E-state index contributed by atoms with van der Waals surface area (Å²) in [5.74, 6) is -0.373. The van der Waals surface area contributed by atoms with Crippen molar-refractivity contribution in [2.24, 2.45) is 0 Å². The van der Waals surface area contributed by atoms with Gasteiger partial charge in [0.05, 0.1) is 0 Å². The summed E-state index contributed by atoms with van der Waals surface area (Å²) in [4.78, 5) is 37.2. The number of rotatable bonds is 3. The van der Waals surface area contributed by atoms with E-state index >= 15 is 0 Å². The van der Waals surface area contributed by atoms with Gasteiger partial charge >= 0.3 is 0 Å². The number of H-pyrrole nitrogens is 1. The van der Waals surface area contributed by atoms with E-state index in [2.05, 4.69) is 15.5 Å². The molecule has 0 bridgehead atoms. The molecule has 1 saturated heterocycles. The Hall–Kier alpha value is -2.67. The normalized spacial score (nSPS) is 15.0. The van der Waals surface area contributed by atoms with E-state index in [0.717, 1.165) is 0 Å². The Kier molecular flexibility index (Phi) is 5.14. The lowest BCUT2D eigenvalue weighted by molar-refractivity contribution is 0.0691. The van der Waals surface area contributed by atoms with Gasteiger partial charge in [-0.25, -0.2) is 5.10 Å². The number of piperidine rings is 1. The van der Waals surface area contributed by atoms with Crippen LogP contribution in [0.5, 0.6) is 0 Å². The quantitative estimate of drug-likeness (QED) is 0.866. The maximum atomic E-state index is 12.3. The molecule has 2 aromatic rings. The second-order valence-electron chi connectivity index (χ2n) is 5.85. The van der Waals surface area contributed by atoms with Crippen LogP contribution in [0, 0.1) is 0 Å². The van der Waals surface area contributed by atoms with Gasteiger partial charge in [0.25, 0.3) is 17.4 Å². The Bertz CT molecular complexity index is 806. The molecule has 25 heavy (non-hydrogen) atoms.